The van der Waals surface area contributed by atoms with Crippen LogP contribution in [-0.4, -0.2) is 276 Å². The maximum atomic E-state index is 14.5. The number of aliphatic imine (C=N–C) groups is 3. The SMILES string of the molecule is CC[C@H](C)[C@H](NC(=O)[C@H](CCCN=C(N)N)NC(=O)[C@H](CC(=O)O)NC(=O)[C@@H](NC(=O)[C@H](CCCN=C(N)N)NC(=O)CNC(=O)CNC(=O)[C@H](Cc1ccccc1)NC(=O)CNC(=O)[C@H](CS)NC(=O)[C@H](CO)NC(=O)[C@@H](N)CO)[C@@H](C)CC)C(=O)N[C@@H](CS)C(=O)N[C@@H](C)C(=O)N(C1CCCCC1)[C@H](C=O)CCCN=C(N)N. The number of nitrogens with zero attached hydrogens (tertiary/aromatic N) is 4. The van der Waals surface area contributed by atoms with Crippen LogP contribution in [0.1, 0.15) is 130 Å². The molecular weight excluding hydrogens is 1550 g/mol. The third-order valence-electron chi connectivity index (χ3n) is 18.4. The van der Waals surface area contributed by atoms with E-state index in [0.29, 0.717) is 31.1 Å². The predicted octanol–water partition coefficient (Wildman–Crippen LogP) is -8.93. The van der Waals surface area contributed by atoms with Crippen molar-refractivity contribution in [2.45, 2.75) is 209 Å². The summed E-state index contributed by atoms with van der Waals surface area (Å²) in [6, 6.07) is -9.40. The minimum Gasteiger partial charge on any atom is -0.481 e. The molecule has 0 heterocycles. The number of hydrogen-bond acceptors (Lipinski definition) is 24. The number of benzene rings is 1. The number of carboxylic acids is 1. The molecule has 644 valence electrons. The second-order valence-corrected chi connectivity index (χ2v) is 28.2. The molecule has 0 aliphatic heterocycles. The van der Waals surface area contributed by atoms with E-state index in [1.54, 1.807) is 51.1 Å². The normalized spacial score (nSPS) is 15.5. The maximum absolute atomic E-state index is 14.5. The van der Waals surface area contributed by atoms with Crippen molar-refractivity contribution >= 4 is 138 Å². The summed E-state index contributed by atoms with van der Waals surface area (Å²) in [5.74, 6) is -17.7. The summed E-state index contributed by atoms with van der Waals surface area (Å²) < 4.78 is 0. The molecule has 1 aromatic carbocycles. The van der Waals surface area contributed by atoms with Gasteiger partial charge in [-0.05, 0) is 75.7 Å². The molecule has 1 aliphatic rings. The average molecular weight is 1660 g/mol. The first-order chi connectivity index (χ1) is 54.5. The van der Waals surface area contributed by atoms with Gasteiger partial charge in [-0.1, -0.05) is 90.1 Å². The Bertz CT molecular complexity index is 3490. The van der Waals surface area contributed by atoms with E-state index in [1.807, 2.05) is 0 Å². The van der Waals surface area contributed by atoms with Gasteiger partial charge in [-0.2, -0.15) is 25.3 Å². The Kier molecular flexibility index (Phi) is 47.3. The highest BCUT2D eigenvalue weighted by atomic mass is 32.1. The van der Waals surface area contributed by atoms with Crippen LogP contribution in [0.15, 0.2) is 45.3 Å². The molecule has 0 radical (unpaired) electrons. The maximum Gasteiger partial charge on any atom is 0.305 e. The van der Waals surface area contributed by atoms with Gasteiger partial charge in [-0.25, -0.2) is 0 Å². The molecule has 1 fully saturated rings. The summed E-state index contributed by atoms with van der Waals surface area (Å²) in [6.07, 6.45) is 3.86. The van der Waals surface area contributed by atoms with Crippen LogP contribution in [0.5, 0.6) is 0 Å². The zero-order chi connectivity index (χ0) is 86.4. The van der Waals surface area contributed by atoms with Gasteiger partial charge in [-0.3, -0.25) is 86.9 Å². The van der Waals surface area contributed by atoms with E-state index < -0.39 is 212 Å². The Morgan fingerprint density at radius 1 is 0.487 bits per heavy atom. The number of aldehydes is 1. The topological polar surface area (TPSA) is 713 Å². The average Bonchev–Trinajstić information content (AvgIpc) is 0.782. The van der Waals surface area contributed by atoms with E-state index in [1.165, 1.54) is 18.7 Å². The minimum absolute atomic E-state index is 0.00394. The lowest BCUT2D eigenvalue weighted by atomic mass is 9.92. The second kappa shape index (κ2) is 54.2. The lowest BCUT2D eigenvalue weighted by Crippen LogP contribution is -2.62. The van der Waals surface area contributed by atoms with E-state index in [-0.39, 0.29) is 106 Å². The van der Waals surface area contributed by atoms with E-state index in [0.717, 1.165) is 19.3 Å². The van der Waals surface area contributed by atoms with Crippen molar-refractivity contribution in [1.29, 1.82) is 0 Å². The molecular formula is C70H118N24O19S2. The largest absolute Gasteiger partial charge is 0.481 e. The predicted molar refractivity (Wildman–Crippen MR) is 428 cm³/mol. The molecule has 14 atom stereocenters. The van der Waals surface area contributed by atoms with E-state index >= 15 is 0 Å². The molecule has 14 amide bonds. The summed E-state index contributed by atoms with van der Waals surface area (Å²) in [7, 11) is 0. The molecule has 1 aliphatic carbocycles. The Morgan fingerprint density at radius 2 is 0.896 bits per heavy atom. The fourth-order valence-corrected chi connectivity index (χ4v) is 12.1. The number of aliphatic carboxylic acids is 1. The van der Waals surface area contributed by atoms with Gasteiger partial charge in [0.05, 0.1) is 45.3 Å². The number of aliphatic hydroxyl groups excluding tert-OH is 2. The second-order valence-electron chi connectivity index (χ2n) is 27.4. The Morgan fingerprint density at radius 3 is 1.37 bits per heavy atom. The van der Waals surface area contributed by atoms with E-state index in [2.05, 4.69) is 109 Å². The van der Waals surface area contributed by atoms with Gasteiger partial charge in [-0.15, -0.1) is 0 Å². The molecule has 0 saturated heterocycles. The smallest absolute Gasteiger partial charge is 0.305 e. The van der Waals surface area contributed by atoms with Crippen LogP contribution < -0.4 is 109 Å². The minimum atomic E-state index is -1.97. The first-order valence-corrected chi connectivity index (χ1v) is 39.0. The van der Waals surface area contributed by atoms with Crippen LogP contribution in [0, 0.1) is 11.8 Å². The lowest BCUT2D eigenvalue weighted by molar-refractivity contribution is -0.143. The summed E-state index contributed by atoms with van der Waals surface area (Å²) >= 11 is 8.39. The van der Waals surface area contributed by atoms with Gasteiger partial charge in [0.2, 0.25) is 82.7 Å². The summed E-state index contributed by atoms with van der Waals surface area (Å²) in [5, 5.41) is 60.5. The van der Waals surface area contributed by atoms with Gasteiger partial charge in [0.15, 0.2) is 17.9 Å². The molecule has 115 heavy (non-hydrogen) atoms. The van der Waals surface area contributed by atoms with Crippen molar-refractivity contribution in [3.8, 4) is 0 Å². The Labute approximate surface area is 677 Å². The van der Waals surface area contributed by atoms with Crippen LogP contribution in [0.3, 0.4) is 0 Å². The number of carbonyl (C=O) groups excluding carboxylic acids is 15. The number of guanidine groups is 3. The van der Waals surface area contributed by atoms with Crippen molar-refractivity contribution in [3.05, 3.63) is 35.9 Å². The highest BCUT2D eigenvalue weighted by molar-refractivity contribution is 7.80. The van der Waals surface area contributed by atoms with Crippen molar-refractivity contribution in [3.63, 3.8) is 0 Å². The van der Waals surface area contributed by atoms with Gasteiger partial charge in [0.1, 0.15) is 72.7 Å². The lowest BCUT2D eigenvalue weighted by Gasteiger charge is -2.39. The van der Waals surface area contributed by atoms with Crippen LogP contribution in [0.25, 0.3) is 0 Å². The van der Waals surface area contributed by atoms with Crippen molar-refractivity contribution in [2.24, 2.45) is 66.9 Å². The summed E-state index contributed by atoms with van der Waals surface area (Å²) in [5.41, 5.74) is 39.1. The third kappa shape index (κ3) is 37.9. The van der Waals surface area contributed by atoms with Crippen LogP contribution in [0.4, 0.5) is 0 Å². The summed E-state index contributed by atoms with van der Waals surface area (Å²) in [6.45, 7) is 3.96. The number of carboxylic acid groups (broad SMARTS) is 1. The molecule has 1 aromatic rings. The van der Waals surface area contributed by atoms with E-state index in [4.69, 9.17) is 45.2 Å². The molecule has 0 spiro atoms. The van der Waals surface area contributed by atoms with Gasteiger partial charge in [0, 0.05) is 43.6 Å². The van der Waals surface area contributed by atoms with Gasteiger partial charge >= 0.3 is 5.97 Å². The van der Waals surface area contributed by atoms with Gasteiger partial charge < -0.3 is 134 Å². The van der Waals surface area contributed by atoms with Crippen molar-refractivity contribution in [1.82, 2.24) is 74.0 Å². The number of nitrogens with two attached hydrogens (primary N) is 7. The summed E-state index contributed by atoms with van der Waals surface area (Å²) in [4.78, 5) is 230. The molecule has 30 N–H and O–H groups in total. The number of carbonyl (C=O) groups is 16. The first kappa shape index (κ1) is 100. The van der Waals surface area contributed by atoms with Crippen molar-refractivity contribution in [2.75, 3.05) is 64.0 Å². The monoisotopic (exact) mass is 1660 g/mol. The molecule has 0 bridgehead atoms. The molecule has 1 saturated carbocycles. The van der Waals surface area contributed by atoms with E-state index in [9.17, 15) is 86.9 Å². The number of hydrogen-bond donors (Lipinski definition) is 25. The first-order valence-electron chi connectivity index (χ1n) is 37.7. The standard InChI is InChI=1S/C70H118N24O19S2/c1-6-37(3)55(92-60(106)44(22-15-25-79-69(74)75)85-52(99)30-81-51(98)29-82-58(104)46(27-40-17-10-8-11-18-40)86-53(100)31-83-59(105)49(35-114)90-63(109)48(34-97)89-57(103)43(71)33-96)65(111)88-47(28-54(101)102)62(108)87-45(23-16-26-80-70(76)77)61(107)93-56(38(4)7-2)66(112)91-50(36-115)64(110)84-39(5)67(113)94(41-19-12-9-13-20-41)42(32-95)21-14-24-78-68(72)73/h8,10-11,17-18,32,37-39,41-50,55-56,96-97,114-115H,6-7,9,12-16,19-31,33-36,71H2,1-5H3,(H,81,98)(H,82,104)(H,83,105)(H,84,110)(H,85,99)(H,86,100)(H,87,108)(H,88,111)(H,89,103)(H,90,109)(H,91,112)(H,92,106)(H,93,107)(H,101,102)(H4,72,73,78)(H4,74,75,79)(H4,76,77,80)/t37-,38-,39-,42-,43-,44-,45-,46-,47-,48-,49-,50-,55-,56-/m0/s1. The number of nitrogens with one attached hydrogen (secondary N) is 13. The fourth-order valence-electron chi connectivity index (χ4n) is 11.6. The molecule has 2 rings (SSSR count). The number of aliphatic hydroxyl groups is 2. The Balaban J connectivity index is 2.35. The fraction of sp³-hybridized carbons (Fsp3) is 0.643. The highest BCUT2D eigenvalue weighted by Crippen LogP contribution is 2.26. The van der Waals surface area contributed by atoms with Gasteiger partial charge in [0.25, 0.3) is 0 Å². The van der Waals surface area contributed by atoms with Crippen LogP contribution in [0.2, 0.25) is 0 Å². The number of rotatable bonds is 54. The number of amides is 14. The van der Waals surface area contributed by atoms with Crippen LogP contribution >= 0.6 is 25.3 Å². The zero-order valence-electron chi connectivity index (χ0n) is 65.4. The van der Waals surface area contributed by atoms with Crippen LogP contribution in [-0.2, 0) is 83.1 Å². The number of thiol groups is 2. The molecule has 45 heteroatoms. The Hall–Kier alpha value is -10.7. The molecule has 0 unspecified atom stereocenters. The highest BCUT2D eigenvalue weighted by Gasteiger charge is 2.40. The molecule has 0 aromatic heterocycles. The van der Waals surface area contributed by atoms with Crippen molar-refractivity contribution < 1.29 is 92.0 Å². The zero-order valence-corrected chi connectivity index (χ0v) is 67.2. The third-order valence-corrected chi connectivity index (χ3v) is 19.1. The quantitative estimate of drug-likeness (QED) is 0.00947. The molecule has 43 nitrogen and oxygen atoms in total.